The van der Waals surface area contributed by atoms with E-state index in [-0.39, 0.29) is 21.2 Å². The van der Waals surface area contributed by atoms with E-state index in [1.54, 1.807) is 30.3 Å². The Morgan fingerprint density at radius 3 is 2.62 bits per heavy atom. The molecule has 1 aliphatic heterocycles. The van der Waals surface area contributed by atoms with Crippen molar-refractivity contribution in [3.63, 3.8) is 0 Å². The van der Waals surface area contributed by atoms with Crippen molar-refractivity contribution in [1.82, 2.24) is 14.7 Å². The molecule has 1 saturated heterocycles. The van der Waals surface area contributed by atoms with Gasteiger partial charge in [-0.25, -0.2) is 23.1 Å². The van der Waals surface area contributed by atoms with Crippen LogP contribution in [-0.2, 0) is 16.4 Å². The summed E-state index contributed by atoms with van der Waals surface area (Å²) in [7, 11) is -2.08. The van der Waals surface area contributed by atoms with Crippen molar-refractivity contribution in [3.05, 3.63) is 41.5 Å². The maximum Gasteiger partial charge on any atom is 0.393 e. The molecule has 1 saturated carbocycles. The highest BCUT2D eigenvalue weighted by molar-refractivity contribution is 7.89. The fraction of sp³-hybridized carbons (Fsp3) is 0.455. The predicted molar refractivity (Wildman–Crippen MR) is 126 cm³/mol. The number of hydrogen-bond donors (Lipinski definition) is 2. The molecular formula is C22H24F3N5O2S2. The summed E-state index contributed by atoms with van der Waals surface area (Å²) in [6.45, 7) is 1.61. The van der Waals surface area contributed by atoms with Gasteiger partial charge < -0.3 is 10.2 Å². The summed E-state index contributed by atoms with van der Waals surface area (Å²) in [6, 6.07) is 8.56. The summed E-state index contributed by atoms with van der Waals surface area (Å²) in [6.07, 6.45) is -0.762. The third kappa shape index (κ3) is 4.58. The van der Waals surface area contributed by atoms with Crippen LogP contribution in [0.15, 0.2) is 41.6 Å². The minimum Gasteiger partial charge on any atom is -0.382 e. The first-order chi connectivity index (χ1) is 16.1. The first-order valence-corrected chi connectivity index (χ1v) is 13.2. The molecule has 1 aromatic carbocycles. The van der Waals surface area contributed by atoms with Crippen molar-refractivity contribution in [2.75, 3.05) is 30.4 Å². The van der Waals surface area contributed by atoms with E-state index in [0.717, 1.165) is 49.4 Å². The average Bonchev–Trinajstić information content (AvgIpc) is 3.35. The van der Waals surface area contributed by atoms with Crippen molar-refractivity contribution in [2.45, 2.75) is 42.8 Å². The number of sulfonamides is 1. The zero-order valence-electron chi connectivity index (χ0n) is 18.4. The molecule has 0 radical (unpaired) electrons. The number of halogens is 3. The van der Waals surface area contributed by atoms with Crippen LogP contribution in [0.4, 0.5) is 24.7 Å². The van der Waals surface area contributed by atoms with Gasteiger partial charge in [-0.2, -0.15) is 13.2 Å². The fourth-order valence-electron chi connectivity index (χ4n) is 5.04. The Morgan fingerprint density at radius 2 is 1.94 bits per heavy atom. The molecule has 2 N–H and O–H groups in total. The number of aromatic nitrogens is 2. The molecule has 0 unspecified atom stereocenters. The van der Waals surface area contributed by atoms with Crippen LogP contribution < -0.4 is 14.9 Å². The lowest BCUT2D eigenvalue weighted by molar-refractivity contribution is -0.126. The molecule has 34 heavy (non-hydrogen) atoms. The van der Waals surface area contributed by atoms with Crippen LogP contribution in [0.3, 0.4) is 0 Å². The highest BCUT2D eigenvalue weighted by Crippen LogP contribution is 2.48. The third-order valence-corrected chi connectivity index (χ3v) is 9.07. The molecule has 7 nitrogen and oxygen atoms in total. The molecule has 5 rings (SSSR count). The molecule has 2 aliphatic rings. The Hall–Kier alpha value is -2.44. The van der Waals surface area contributed by atoms with Crippen LogP contribution in [0.1, 0.15) is 24.1 Å². The van der Waals surface area contributed by atoms with Gasteiger partial charge >= 0.3 is 6.18 Å². The molecule has 2 aromatic heterocycles. The molecule has 1 atom stereocenters. The first-order valence-electron chi connectivity index (χ1n) is 10.9. The zero-order chi connectivity index (χ0) is 24.1. The highest BCUT2D eigenvalue weighted by Gasteiger charge is 2.49. The molecule has 1 spiro atoms. The lowest BCUT2D eigenvalue weighted by Crippen LogP contribution is -2.56. The molecule has 0 amide bonds. The molecule has 0 bridgehead atoms. The topological polar surface area (TPSA) is 87.2 Å². The number of anilines is 2. The second-order valence-corrected chi connectivity index (χ2v) is 12.1. The zero-order valence-corrected chi connectivity index (χ0v) is 20.0. The van der Waals surface area contributed by atoms with E-state index in [4.69, 9.17) is 0 Å². The molecule has 3 aromatic rings. The first kappa shape index (κ1) is 23.3. The molecule has 1 aliphatic carbocycles. The predicted octanol–water partition coefficient (Wildman–Crippen LogP) is 4.18. The monoisotopic (exact) mass is 511 g/mol. The number of alkyl halides is 3. The summed E-state index contributed by atoms with van der Waals surface area (Å²) in [5, 5.41) is 4.19. The minimum atomic E-state index is -4.25. The standard InChI is InChI=1S/C22H24F3N5O2S2/c1-26-34(31,32)17-4-2-14(3-5-17)29-15-6-7-21(9-15)11-30(12-21)19-18-8-16(10-22(23,24)25)33-20(18)28-13-27-19/h2-5,8,13,15,26,29H,6-7,9-12H2,1H3/t15-/m0/s1. The maximum atomic E-state index is 12.8. The van der Waals surface area contributed by atoms with Gasteiger partial charge in [0, 0.05) is 35.1 Å². The lowest BCUT2D eigenvalue weighted by atomic mass is 9.78. The maximum absolute atomic E-state index is 12.8. The normalized spacial score (nSPS) is 20.1. The van der Waals surface area contributed by atoms with Crippen LogP contribution >= 0.6 is 11.3 Å². The van der Waals surface area contributed by atoms with Crippen LogP contribution in [0, 0.1) is 5.41 Å². The van der Waals surface area contributed by atoms with Gasteiger partial charge in [0.15, 0.2) is 0 Å². The van der Waals surface area contributed by atoms with Crippen molar-refractivity contribution in [3.8, 4) is 0 Å². The third-order valence-electron chi connectivity index (χ3n) is 6.59. The van der Waals surface area contributed by atoms with Gasteiger partial charge in [-0.1, -0.05) is 0 Å². The van der Waals surface area contributed by atoms with Gasteiger partial charge in [0.2, 0.25) is 10.0 Å². The number of nitrogens with one attached hydrogen (secondary N) is 2. The van der Waals surface area contributed by atoms with Crippen LogP contribution in [0.2, 0.25) is 0 Å². The van der Waals surface area contributed by atoms with E-state index in [9.17, 15) is 21.6 Å². The Balaban J connectivity index is 1.23. The highest BCUT2D eigenvalue weighted by atomic mass is 32.2. The Morgan fingerprint density at radius 1 is 1.21 bits per heavy atom. The summed E-state index contributed by atoms with van der Waals surface area (Å²) >= 11 is 1.07. The van der Waals surface area contributed by atoms with Crippen LogP contribution in [0.5, 0.6) is 0 Å². The van der Waals surface area contributed by atoms with Crippen LogP contribution in [0.25, 0.3) is 10.2 Å². The summed E-state index contributed by atoms with van der Waals surface area (Å²) in [4.78, 5) is 11.7. The number of hydrogen-bond acceptors (Lipinski definition) is 7. The van der Waals surface area contributed by atoms with Gasteiger partial charge in [-0.3, -0.25) is 0 Å². The number of fused-ring (bicyclic) bond motifs is 1. The Labute approximate surface area is 199 Å². The molecular weight excluding hydrogens is 487 g/mol. The van der Waals surface area contributed by atoms with Crippen molar-refractivity contribution in [2.24, 2.45) is 5.41 Å². The van der Waals surface area contributed by atoms with Gasteiger partial charge in [-0.05, 0) is 56.6 Å². The van der Waals surface area contributed by atoms with Gasteiger partial charge in [0.05, 0.1) is 16.7 Å². The van der Waals surface area contributed by atoms with Crippen molar-refractivity contribution in [1.29, 1.82) is 0 Å². The fourth-order valence-corrected chi connectivity index (χ4v) is 6.80. The smallest absolute Gasteiger partial charge is 0.382 e. The number of thiophene rings is 1. The van der Waals surface area contributed by atoms with Crippen molar-refractivity contribution >= 4 is 43.1 Å². The number of benzene rings is 1. The summed E-state index contributed by atoms with van der Waals surface area (Å²) < 4.78 is 64.5. The van der Waals surface area contributed by atoms with Gasteiger partial charge in [-0.15, -0.1) is 11.3 Å². The van der Waals surface area contributed by atoms with E-state index >= 15 is 0 Å². The van der Waals surface area contributed by atoms with Gasteiger partial charge in [0.25, 0.3) is 0 Å². The summed E-state index contributed by atoms with van der Waals surface area (Å²) in [5.74, 6) is 0.707. The Bertz CT molecular complexity index is 1300. The molecule has 2 fully saturated rings. The van der Waals surface area contributed by atoms with Gasteiger partial charge in [0.1, 0.15) is 17.0 Å². The Kier molecular flexibility index (Phi) is 5.72. The number of rotatable bonds is 6. The largest absolute Gasteiger partial charge is 0.393 e. The summed E-state index contributed by atoms with van der Waals surface area (Å²) in [5.41, 5.74) is 1.02. The molecule has 12 heteroatoms. The van der Waals surface area contributed by atoms with E-state index < -0.39 is 22.6 Å². The van der Waals surface area contributed by atoms with Crippen LogP contribution in [-0.4, -0.2) is 50.7 Å². The van der Waals surface area contributed by atoms with Crippen molar-refractivity contribution < 1.29 is 21.6 Å². The minimum absolute atomic E-state index is 0.148. The lowest BCUT2D eigenvalue weighted by Gasteiger charge is -2.49. The van der Waals surface area contributed by atoms with E-state index in [2.05, 4.69) is 24.9 Å². The van der Waals surface area contributed by atoms with E-state index in [0.29, 0.717) is 16.0 Å². The molecule has 3 heterocycles. The molecule has 182 valence electrons. The SMILES string of the molecule is CNS(=O)(=O)c1ccc(N[C@H]2CCC3(C2)CN(c2ncnc4sc(CC(F)(F)F)cc24)C3)cc1. The average molecular weight is 512 g/mol. The second-order valence-electron chi connectivity index (χ2n) is 9.09. The second kappa shape index (κ2) is 8.35. The quantitative estimate of drug-likeness (QED) is 0.517. The number of nitrogens with zero attached hydrogens (tertiary/aromatic N) is 3. The van der Waals surface area contributed by atoms with E-state index in [1.165, 1.54) is 13.4 Å². The van der Waals surface area contributed by atoms with E-state index in [1.807, 2.05) is 0 Å².